The van der Waals surface area contributed by atoms with Crippen LogP contribution in [-0.2, 0) is 22.8 Å². The number of hydrogen-bond donors (Lipinski definition) is 2. The summed E-state index contributed by atoms with van der Waals surface area (Å²) in [7, 11) is 1.75. The Morgan fingerprint density at radius 1 is 0.945 bits per heavy atom. The highest BCUT2D eigenvalue weighted by Gasteiger charge is 2.46. The average molecular weight is 756 g/mol. The number of para-hydroxylation sites is 1. The Morgan fingerprint density at radius 3 is 2.45 bits per heavy atom. The fraction of sp³-hybridized carbons (Fsp3) is 0.436. The van der Waals surface area contributed by atoms with Gasteiger partial charge in [-0.2, -0.15) is 18.3 Å². The average Bonchev–Trinajstić information content (AvgIpc) is 3.71. The molecule has 3 atom stereocenters. The topological polar surface area (TPSA) is 139 Å². The summed E-state index contributed by atoms with van der Waals surface area (Å²) in [6.07, 6.45) is 3.15. The number of rotatable bonds is 7. The van der Waals surface area contributed by atoms with E-state index in [1.54, 1.807) is 34.4 Å². The van der Waals surface area contributed by atoms with Crippen LogP contribution in [0.25, 0.3) is 21.9 Å². The van der Waals surface area contributed by atoms with E-state index in [0.29, 0.717) is 35.6 Å². The number of benzene rings is 2. The summed E-state index contributed by atoms with van der Waals surface area (Å²) in [6.45, 7) is 2.78. The molecule has 0 spiro atoms. The van der Waals surface area contributed by atoms with Crippen LogP contribution in [0.1, 0.15) is 73.2 Å². The lowest BCUT2D eigenvalue weighted by Crippen LogP contribution is -2.69. The van der Waals surface area contributed by atoms with Gasteiger partial charge in [0.15, 0.2) is 0 Å². The normalized spacial score (nSPS) is 24.6. The summed E-state index contributed by atoms with van der Waals surface area (Å²) in [5.41, 5.74) is 2.04. The van der Waals surface area contributed by atoms with Crippen LogP contribution < -0.4 is 21.2 Å². The second-order valence-corrected chi connectivity index (χ2v) is 15.4. The Labute approximate surface area is 313 Å². The number of pyridine rings is 1. The van der Waals surface area contributed by atoms with Gasteiger partial charge in [-0.25, -0.2) is 9.78 Å². The molecule has 10 rings (SSSR count). The molecule has 1 aliphatic carbocycles. The molecule has 4 saturated heterocycles. The molecule has 2 aromatic carbocycles. The van der Waals surface area contributed by atoms with Crippen LogP contribution in [0.3, 0.4) is 0 Å². The number of alkyl halides is 3. The first-order chi connectivity index (χ1) is 26.4. The van der Waals surface area contributed by atoms with E-state index in [1.165, 1.54) is 6.07 Å². The SMILES string of the molecule is Cn1c(=O)n(C2CCC(=O)NC2=O)c2cccc(N3CC4CC(C3)N4CC3CCC(n4cc5cc(NC(=O)c6cccc(C(F)(F)F)n6)ccc5n4)CC3)c21. The maximum absolute atomic E-state index is 13.5. The summed E-state index contributed by atoms with van der Waals surface area (Å²) in [5, 5.41) is 10.7. The molecule has 16 heteroatoms. The number of carbonyl (C=O) groups excluding carboxylic acids is 3. The third-order valence-corrected chi connectivity index (χ3v) is 12.0. The molecule has 286 valence electrons. The number of halogens is 3. The lowest BCUT2D eigenvalue weighted by atomic mass is 9.81. The number of amides is 3. The molecule has 2 N–H and O–H groups in total. The van der Waals surface area contributed by atoms with Gasteiger partial charge in [-0.05, 0) is 86.9 Å². The minimum atomic E-state index is -4.64. The quantitative estimate of drug-likeness (QED) is 0.221. The third kappa shape index (κ3) is 6.35. The van der Waals surface area contributed by atoms with Crippen LogP contribution in [0.5, 0.6) is 0 Å². The van der Waals surface area contributed by atoms with Crippen LogP contribution >= 0.6 is 0 Å². The minimum absolute atomic E-state index is 0.201. The summed E-state index contributed by atoms with van der Waals surface area (Å²) in [5.74, 6) is -0.888. The number of aryl methyl sites for hydroxylation is 1. The van der Waals surface area contributed by atoms with Gasteiger partial charge in [0.1, 0.15) is 17.4 Å². The summed E-state index contributed by atoms with van der Waals surface area (Å²) in [4.78, 5) is 59.2. The van der Waals surface area contributed by atoms with E-state index < -0.39 is 29.7 Å². The molecule has 1 saturated carbocycles. The van der Waals surface area contributed by atoms with Crippen molar-refractivity contribution in [2.24, 2.45) is 13.0 Å². The molecule has 5 fully saturated rings. The second-order valence-electron chi connectivity index (χ2n) is 15.4. The van der Waals surface area contributed by atoms with Gasteiger partial charge in [0.2, 0.25) is 11.8 Å². The first kappa shape index (κ1) is 35.2. The Hall–Kier alpha value is -5.51. The van der Waals surface area contributed by atoms with Crippen LogP contribution in [0, 0.1) is 5.92 Å². The Bertz CT molecular complexity index is 2400. The zero-order valence-corrected chi connectivity index (χ0v) is 30.1. The molecule has 5 aliphatic rings. The maximum atomic E-state index is 13.5. The highest BCUT2D eigenvalue weighted by atomic mass is 19.4. The van der Waals surface area contributed by atoms with Crippen molar-refractivity contribution < 1.29 is 27.6 Å². The third-order valence-electron chi connectivity index (χ3n) is 12.0. The van der Waals surface area contributed by atoms with Crippen molar-refractivity contribution in [3.8, 4) is 0 Å². The van der Waals surface area contributed by atoms with Crippen LogP contribution in [0.4, 0.5) is 24.5 Å². The van der Waals surface area contributed by atoms with Gasteiger partial charge in [0.05, 0.1) is 28.3 Å². The molecule has 13 nitrogen and oxygen atoms in total. The monoisotopic (exact) mass is 755 g/mol. The molecule has 4 aliphatic heterocycles. The van der Waals surface area contributed by atoms with E-state index >= 15 is 0 Å². The number of imide groups is 1. The first-order valence-electron chi connectivity index (χ1n) is 18.8. The maximum Gasteiger partial charge on any atom is 0.433 e. The Morgan fingerprint density at radius 2 is 1.71 bits per heavy atom. The molecule has 7 heterocycles. The smallest absolute Gasteiger partial charge is 0.367 e. The van der Waals surface area contributed by atoms with Crippen molar-refractivity contribution in [3.63, 3.8) is 0 Å². The van der Waals surface area contributed by atoms with E-state index in [9.17, 15) is 32.3 Å². The number of anilines is 2. The number of piperidine rings is 2. The van der Waals surface area contributed by atoms with Gasteiger partial charge in [-0.3, -0.25) is 38.4 Å². The Kier molecular flexibility index (Phi) is 8.55. The molecule has 5 aromatic rings. The molecule has 55 heavy (non-hydrogen) atoms. The van der Waals surface area contributed by atoms with Crippen LogP contribution in [0.2, 0.25) is 0 Å². The summed E-state index contributed by atoms with van der Waals surface area (Å²) in [6, 6.07) is 14.8. The van der Waals surface area contributed by atoms with Crippen LogP contribution in [0.15, 0.2) is 65.6 Å². The number of aromatic nitrogens is 5. The van der Waals surface area contributed by atoms with Crippen LogP contribution in [-0.4, -0.2) is 78.2 Å². The van der Waals surface area contributed by atoms with E-state index in [2.05, 4.69) is 31.5 Å². The fourth-order valence-corrected chi connectivity index (χ4v) is 9.20. The molecular weight excluding hydrogens is 715 g/mol. The molecule has 3 unspecified atom stereocenters. The van der Waals surface area contributed by atoms with Gasteiger partial charge in [-0.1, -0.05) is 12.1 Å². The first-order valence-corrected chi connectivity index (χ1v) is 18.8. The van der Waals surface area contributed by atoms with Gasteiger partial charge >= 0.3 is 11.9 Å². The summed E-state index contributed by atoms with van der Waals surface area (Å²) < 4.78 is 44.4. The molecule has 0 radical (unpaired) electrons. The number of fused-ring (bicyclic) bond motifs is 4. The summed E-state index contributed by atoms with van der Waals surface area (Å²) >= 11 is 0. The van der Waals surface area contributed by atoms with Crippen molar-refractivity contribution in [1.29, 1.82) is 0 Å². The van der Waals surface area contributed by atoms with Gasteiger partial charge < -0.3 is 10.2 Å². The molecule has 3 amide bonds. The number of nitrogens with zero attached hydrogens (tertiary/aromatic N) is 7. The highest BCUT2D eigenvalue weighted by molar-refractivity contribution is 6.04. The number of imidazole rings is 1. The van der Waals surface area contributed by atoms with E-state index in [0.717, 1.165) is 86.0 Å². The van der Waals surface area contributed by atoms with Gasteiger partial charge in [-0.15, -0.1) is 0 Å². The van der Waals surface area contributed by atoms with E-state index in [4.69, 9.17) is 5.10 Å². The van der Waals surface area contributed by atoms with E-state index in [-0.39, 0.29) is 29.8 Å². The van der Waals surface area contributed by atoms with Crippen molar-refractivity contribution in [3.05, 3.63) is 82.7 Å². The zero-order chi connectivity index (χ0) is 38.2. The lowest BCUT2D eigenvalue weighted by molar-refractivity contribution is -0.141. The predicted molar refractivity (Wildman–Crippen MR) is 198 cm³/mol. The predicted octanol–water partition coefficient (Wildman–Crippen LogP) is 5.03. The van der Waals surface area contributed by atoms with Crippen molar-refractivity contribution in [2.75, 3.05) is 29.9 Å². The molecule has 2 bridgehead atoms. The molecule has 3 aromatic heterocycles. The number of piperazine rings is 1. The van der Waals surface area contributed by atoms with E-state index in [1.807, 2.05) is 23.0 Å². The number of nitrogens with one attached hydrogen (secondary N) is 2. The zero-order valence-electron chi connectivity index (χ0n) is 30.1. The lowest BCUT2D eigenvalue weighted by Gasteiger charge is -2.58. The van der Waals surface area contributed by atoms with Gasteiger partial charge in [0.25, 0.3) is 5.91 Å². The van der Waals surface area contributed by atoms with Crippen molar-refractivity contribution >= 4 is 51.0 Å². The molecular formula is C39H40F3N9O4. The van der Waals surface area contributed by atoms with Crippen molar-refractivity contribution in [1.82, 2.24) is 34.1 Å². The minimum Gasteiger partial charge on any atom is -0.367 e. The second kappa shape index (κ2) is 13.4. The van der Waals surface area contributed by atoms with Gasteiger partial charge in [0, 0.05) is 62.5 Å². The highest BCUT2D eigenvalue weighted by Crippen LogP contribution is 2.41. The number of hydrogen-bond acceptors (Lipinski definition) is 8. The number of carbonyl (C=O) groups is 3. The standard InChI is InChI=1S/C39H40F3N9O4/c1-47-35-30(5-3-6-31(35)51(38(47)55)32-14-15-34(52)45-37(32)54)48-20-26-17-27(21-48)49(26)18-22-8-11-25(12-9-22)50-19-23-16-24(10-13-28(23)46-50)43-36(53)29-4-2-7-33(44-29)39(40,41)42/h2-7,10,13,16,19,22,25-27,32H,8-9,11-12,14-15,17-18,20-21H2,1H3,(H,43,53)(H,45,52,54). The Balaban J connectivity index is 0.813. The van der Waals surface area contributed by atoms with Crippen molar-refractivity contribution in [2.45, 2.75) is 75.3 Å². The largest absolute Gasteiger partial charge is 0.433 e. The fourth-order valence-electron chi connectivity index (χ4n) is 9.20.